The molecule has 94 valence electrons. The summed E-state index contributed by atoms with van der Waals surface area (Å²) in [6, 6.07) is 0. The Labute approximate surface area is 103 Å². The van der Waals surface area contributed by atoms with Crippen LogP contribution in [0.15, 0.2) is 0 Å². The molecule has 0 aromatic carbocycles. The van der Waals surface area contributed by atoms with Crippen molar-refractivity contribution in [2.24, 2.45) is 5.73 Å². The molecule has 2 N–H and O–H groups in total. The molecule has 0 radical (unpaired) electrons. The first-order valence-corrected chi connectivity index (χ1v) is 7.32. The fourth-order valence-electron chi connectivity index (χ4n) is 1.79. The van der Waals surface area contributed by atoms with Crippen LogP contribution in [0.4, 0.5) is 0 Å². The van der Waals surface area contributed by atoms with Crippen molar-refractivity contribution in [2.45, 2.75) is 26.2 Å². The van der Waals surface area contributed by atoms with Gasteiger partial charge in [-0.2, -0.15) is 17.0 Å². The lowest BCUT2D eigenvalue weighted by Crippen LogP contribution is -2.48. The molecule has 5 nitrogen and oxygen atoms in total. The minimum absolute atomic E-state index is 0.130. The molecule has 1 aliphatic rings. The van der Waals surface area contributed by atoms with Crippen LogP contribution in [-0.4, -0.2) is 48.2 Å². The third kappa shape index (κ3) is 3.38. The Balaban J connectivity index is 2.76. The summed E-state index contributed by atoms with van der Waals surface area (Å²) in [5, 5.41) is 0. The van der Waals surface area contributed by atoms with Crippen LogP contribution in [0.5, 0.6) is 0 Å². The quantitative estimate of drug-likeness (QED) is 0.727. The maximum absolute atomic E-state index is 12.2. The molecule has 0 amide bonds. The molecule has 0 aliphatic carbocycles. The number of hydrogen-bond acceptors (Lipinski definition) is 3. The van der Waals surface area contributed by atoms with Crippen LogP contribution < -0.4 is 5.73 Å². The summed E-state index contributed by atoms with van der Waals surface area (Å²) in [6.07, 6.45) is 2.97. The zero-order chi connectivity index (χ0) is 12.2. The fourth-order valence-corrected chi connectivity index (χ4v) is 3.70. The molecule has 0 aromatic rings. The van der Waals surface area contributed by atoms with Crippen LogP contribution in [0.2, 0.25) is 0 Å². The van der Waals surface area contributed by atoms with Gasteiger partial charge >= 0.3 is 0 Å². The molecule has 0 aromatic heterocycles. The molecule has 1 rings (SSSR count). The second kappa shape index (κ2) is 5.90. The van der Waals surface area contributed by atoms with E-state index in [1.807, 2.05) is 0 Å². The van der Waals surface area contributed by atoms with Gasteiger partial charge in [0.2, 0.25) is 0 Å². The van der Waals surface area contributed by atoms with Gasteiger partial charge in [0.15, 0.2) is 0 Å². The van der Waals surface area contributed by atoms with Gasteiger partial charge in [-0.05, 0) is 12.8 Å². The number of hydrogen-bond donors (Lipinski definition) is 1. The molecule has 16 heavy (non-hydrogen) atoms. The number of piperidine rings is 1. The van der Waals surface area contributed by atoms with E-state index in [0.29, 0.717) is 19.6 Å². The van der Waals surface area contributed by atoms with E-state index in [2.05, 4.69) is 0 Å². The van der Waals surface area contributed by atoms with Crippen molar-refractivity contribution in [3.63, 3.8) is 0 Å². The topological polar surface area (TPSA) is 66.6 Å². The number of likely N-dealkylation sites (N-methyl/N-ethyl adjacent to an activating group) is 1. The molecule has 0 atom stereocenters. The average Bonchev–Trinajstić information content (AvgIpc) is 2.26. The lowest BCUT2D eigenvalue weighted by atomic mass is 10.2. The van der Waals surface area contributed by atoms with Crippen LogP contribution in [-0.2, 0) is 10.2 Å². The molecule has 0 spiro atoms. The van der Waals surface area contributed by atoms with Crippen LogP contribution >= 0.6 is 12.2 Å². The number of nitrogens with zero attached hydrogens (tertiary/aromatic N) is 2. The highest BCUT2D eigenvalue weighted by Crippen LogP contribution is 2.16. The van der Waals surface area contributed by atoms with Crippen molar-refractivity contribution in [3.8, 4) is 0 Å². The van der Waals surface area contributed by atoms with Crippen LogP contribution in [0, 0.1) is 0 Å². The highest BCUT2D eigenvalue weighted by molar-refractivity contribution is 7.87. The molecule has 1 aliphatic heterocycles. The summed E-state index contributed by atoms with van der Waals surface area (Å²) in [4.78, 5) is 0.211. The summed E-state index contributed by atoms with van der Waals surface area (Å²) in [7, 11) is -3.37. The first kappa shape index (κ1) is 13.8. The Morgan fingerprint density at radius 3 is 2.38 bits per heavy atom. The molecule has 1 saturated heterocycles. The Kier molecular flexibility index (Phi) is 5.10. The largest absolute Gasteiger partial charge is 0.392 e. The van der Waals surface area contributed by atoms with Crippen LogP contribution in [0.25, 0.3) is 0 Å². The minimum Gasteiger partial charge on any atom is -0.392 e. The molecular weight excluding hydrogens is 246 g/mol. The van der Waals surface area contributed by atoms with Crippen LogP contribution in [0.1, 0.15) is 26.2 Å². The van der Waals surface area contributed by atoms with Gasteiger partial charge in [-0.15, -0.1) is 0 Å². The van der Waals surface area contributed by atoms with E-state index in [-0.39, 0.29) is 11.5 Å². The lowest BCUT2D eigenvalue weighted by Gasteiger charge is -2.31. The number of nitrogens with two attached hydrogens (primary N) is 1. The lowest BCUT2D eigenvalue weighted by molar-refractivity contribution is 0.314. The number of rotatable bonds is 5. The highest BCUT2D eigenvalue weighted by Gasteiger charge is 2.29. The summed E-state index contributed by atoms with van der Waals surface area (Å²) >= 11 is 4.76. The van der Waals surface area contributed by atoms with E-state index >= 15 is 0 Å². The predicted molar refractivity (Wildman–Crippen MR) is 68.4 cm³/mol. The summed E-state index contributed by atoms with van der Waals surface area (Å²) in [5.41, 5.74) is 5.40. The van der Waals surface area contributed by atoms with Gasteiger partial charge in [0.25, 0.3) is 10.2 Å². The molecule has 0 saturated carbocycles. The molecule has 1 fully saturated rings. The molecule has 1 heterocycles. The molecule has 0 unspecified atom stereocenters. The maximum Gasteiger partial charge on any atom is 0.282 e. The maximum atomic E-state index is 12.2. The van der Waals surface area contributed by atoms with Gasteiger partial charge in [0.1, 0.15) is 0 Å². The van der Waals surface area contributed by atoms with Gasteiger partial charge in [0.05, 0.1) is 11.5 Å². The van der Waals surface area contributed by atoms with Crippen molar-refractivity contribution in [1.82, 2.24) is 8.61 Å². The second-order valence-corrected chi connectivity index (χ2v) is 6.31. The first-order chi connectivity index (χ1) is 7.48. The van der Waals surface area contributed by atoms with E-state index in [0.717, 1.165) is 19.3 Å². The zero-order valence-corrected chi connectivity index (χ0v) is 11.2. The van der Waals surface area contributed by atoms with Crippen molar-refractivity contribution >= 4 is 27.4 Å². The van der Waals surface area contributed by atoms with Gasteiger partial charge in [-0.1, -0.05) is 25.6 Å². The fraction of sp³-hybridized carbons (Fsp3) is 0.889. The normalized spacial score (nSPS) is 18.9. The summed E-state index contributed by atoms with van der Waals surface area (Å²) < 4.78 is 27.2. The first-order valence-electron chi connectivity index (χ1n) is 5.52. The van der Waals surface area contributed by atoms with Gasteiger partial charge in [-0.25, -0.2) is 0 Å². The van der Waals surface area contributed by atoms with E-state index in [1.165, 1.54) is 8.61 Å². The van der Waals surface area contributed by atoms with Crippen molar-refractivity contribution in [3.05, 3.63) is 0 Å². The van der Waals surface area contributed by atoms with E-state index in [4.69, 9.17) is 18.0 Å². The number of thiocarbonyl (C=S) groups is 1. The third-order valence-corrected chi connectivity index (χ3v) is 4.84. The summed E-state index contributed by atoms with van der Waals surface area (Å²) in [6.45, 7) is 3.53. The van der Waals surface area contributed by atoms with E-state index < -0.39 is 10.2 Å². The van der Waals surface area contributed by atoms with Crippen LogP contribution in [0.3, 0.4) is 0 Å². The monoisotopic (exact) mass is 265 g/mol. The second-order valence-electron chi connectivity index (χ2n) is 3.86. The van der Waals surface area contributed by atoms with E-state index in [1.54, 1.807) is 6.92 Å². The molecular formula is C9H19N3O2S2. The van der Waals surface area contributed by atoms with Crippen molar-refractivity contribution < 1.29 is 8.42 Å². The Morgan fingerprint density at radius 1 is 1.38 bits per heavy atom. The average molecular weight is 265 g/mol. The Morgan fingerprint density at radius 2 is 1.94 bits per heavy atom. The zero-order valence-electron chi connectivity index (χ0n) is 9.55. The van der Waals surface area contributed by atoms with E-state index in [9.17, 15) is 8.42 Å². The SMILES string of the molecule is CCN(CC(N)=S)S(=O)(=O)N1CCCCC1. The smallest absolute Gasteiger partial charge is 0.282 e. The highest BCUT2D eigenvalue weighted by atomic mass is 32.2. The van der Waals surface area contributed by atoms with Gasteiger partial charge in [0, 0.05) is 19.6 Å². The predicted octanol–water partition coefficient (Wildman–Crippen LogP) is 0.325. The molecule has 7 heteroatoms. The van der Waals surface area contributed by atoms with Crippen molar-refractivity contribution in [2.75, 3.05) is 26.2 Å². The van der Waals surface area contributed by atoms with Crippen molar-refractivity contribution in [1.29, 1.82) is 0 Å². The minimum atomic E-state index is -3.37. The Bertz CT molecular complexity index is 337. The third-order valence-electron chi connectivity index (χ3n) is 2.65. The van der Waals surface area contributed by atoms with Gasteiger partial charge in [-0.3, -0.25) is 0 Å². The van der Waals surface area contributed by atoms with Gasteiger partial charge < -0.3 is 5.73 Å². The summed E-state index contributed by atoms with van der Waals surface area (Å²) in [5.74, 6) is 0. The molecule has 0 bridgehead atoms. The Hall–Kier alpha value is -0.240. The standard InChI is InChI=1S/C9H19N3O2S2/c1-2-11(8-9(10)15)16(13,14)12-6-4-3-5-7-12/h2-8H2,1H3,(H2,10,15).